The van der Waals surface area contributed by atoms with E-state index in [2.05, 4.69) is 20.6 Å². The molecule has 2 aromatic rings. The van der Waals surface area contributed by atoms with Crippen LogP contribution in [-0.2, 0) is 22.4 Å². The normalized spacial score (nSPS) is 11.5. The molecule has 190 valence electrons. The second kappa shape index (κ2) is 13.3. The van der Waals surface area contributed by atoms with Gasteiger partial charge in [0.2, 0.25) is 5.91 Å². The first kappa shape index (κ1) is 27.6. The van der Waals surface area contributed by atoms with Crippen LogP contribution in [0.25, 0.3) is 0 Å². The number of anilines is 2. The second-order valence-corrected chi connectivity index (χ2v) is 8.29. The van der Waals surface area contributed by atoms with Crippen molar-refractivity contribution < 1.29 is 19.1 Å². The van der Waals surface area contributed by atoms with Crippen LogP contribution < -0.4 is 16.4 Å². The molecule has 0 spiro atoms. The Balaban J connectivity index is 1.96. The number of nitrogens with one attached hydrogen (secondary N) is 2. The molecule has 0 aliphatic heterocycles. The van der Waals surface area contributed by atoms with Gasteiger partial charge in [0.05, 0.1) is 18.0 Å². The number of hydrogen-bond acceptors (Lipinski definition) is 7. The monoisotopic (exact) mass is 484 g/mol. The topological polar surface area (TPSA) is 140 Å². The van der Waals surface area contributed by atoms with E-state index in [-0.39, 0.29) is 11.6 Å². The maximum Gasteiger partial charge on any atom is 0.410 e. The molecule has 0 unspecified atom stereocenters. The minimum Gasteiger partial charge on any atom is -0.449 e. The maximum atomic E-state index is 12.5. The molecule has 0 saturated carbocycles. The number of unbranched alkanes of at least 4 members (excludes halogenated alkanes) is 1. The summed E-state index contributed by atoms with van der Waals surface area (Å²) in [5.41, 5.74) is 8.74. The molecule has 35 heavy (non-hydrogen) atoms. The molecule has 1 heterocycles. The minimum atomic E-state index is -0.655. The highest BCUT2D eigenvalue weighted by molar-refractivity contribution is 5.96. The van der Waals surface area contributed by atoms with Crippen LogP contribution in [0.3, 0.4) is 0 Å². The van der Waals surface area contributed by atoms with Gasteiger partial charge in [-0.3, -0.25) is 14.5 Å². The number of rotatable bonds is 12. The second-order valence-electron chi connectivity index (χ2n) is 8.29. The summed E-state index contributed by atoms with van der Waals surface area (Å²) in [5.74, 6) is -0.607. The van der Waals surface area contributed by atoms with Gasteiger partial charge in [0.15, 0.2) is 11.5 Å². The fourth-order valence-electron chi connectivity index (χ4n) is 3.31. The number of aromatic nitrogens is 2. The van der Waals surface area contributed by atoms with Crippen molar-refractivity contribution >= 4 is 29.4 Å². The van der Waals surface area contributed by atoms with Gasteiger partial charge in [-0.15, -0.1) is 0 Å². The van der Waals surface area contributed by atoms with E-state index >= 15 is 0 Å². The Labute approximate surface area is 206 Å². The van der Waals surface area contributed by atoms with Crippen molar-refractivity contribution in [3.05, 3.63) is 46.9 Å². The largest absolute Gasteiger partial charge is 0.449 e. The molecule has 1 aromatic carbocycles. The summed E-state index contributed by atoms with van der Waals surface area (Å²) in [4.78, 5) is 46.5. The Bertz CT molecular complexity index is 1040. The summed E-state index contributed by atoms with van der Waals surface area (Å²) in [5, 5.41) is 5.99. The van der Waals surface area contributed by atoms with Gasteiger partial charge in [0.25, 0.3) is 5.91 Å². The van der Waals surface area contributed by atoms with Crippen molar-refractivity contribution in [1.82, 2.24) is 20.2 Å². The number of carbonyl (C=O) groups is 3. The lowest BCUT2D eigenvalue weighted by molar-refractivity contribution is -0.125. The van der Waals surface area contributed by atoms with E-state index in [1.165, 1.54) is 4.90 Å². The molecule has 1 atom stereocenters. The third-order valence-electron chi connectivity index (χ3n) is 5.61. The van der Waals surface area contributed by atoms with Crippen molar-refractivity contribution in [2.75, 3.05) is 25.5 Å². The molecule has 2 rings (SSSR count). The first-order valence-corrected chi connectivity index (χ1v) is 11.9. The highest BCUT2D eigenvalue weighted by Crippen LogP contribution is 2.20. The molecule has 1 aromatic heterocycles. The summed E-state index contributed by atoms with van der Waals surface area (Å²) >= 11 is 0. The summed E-state index contributed by atoms with van der Waals surface area (Å²) in [6.07, 6.45) is 2.42. The van der Waals surface area contributed by atoms with Crippen molar-refractivity contribution in [3.8, 4) is 0 Å². The van der Waals surface area contributed by atoms with Crippen LogP contribution >= 0.6 is 0 Å². The van der Waals surface area contributed by atoms with E-state index in [0.717, 1.165) is 35.5 Å². The van der Waals surface area contributed by atoms with E-state index in [9.17, 15) is 14.4 Å². The average molecular weight is 485 g/mol. The Morgan fingerprint density at radius 3 is 2.60 bits per heavy atom. The molecule has 0 aliphatic carbocycles. The zero-order chi connectivity index (χ0) is 26.0. The van der Waals surface area contributed by atoms with Crippen LogP contribution in [0, 0.1) is 6.92 Å². The maximum absolute atomic E-state index is 12.5. The predicted molar refractivity (Wildman–Crippen MR) is 135 cm³/mol. The van der Waals surface area contributed by atoms with Crippen LogP contribution in [0.1, 0.15) is 61.1 Å². The Morgan fingerprint density at radius 1 is 1.20 bits per heavy atom. The Hall–Kier alpha value is -3.69. The quantitative estimate of drug-likeness (QED) is 0.393. The van der Waals surface area contributed by atoms with Gasteiger partial charge in [-0.05, 0) is 50.8 Å². The van der Waals surface area contributed by atoms with E-state index < -0.39 is 18.0 Å². The fourth-order valence-corrected chi connectivity index (χ4v) is 3.31. The zero-order valence-corrected chi connectivity index (χ0v) is 21.2. The van der Waals surface area contributed by atoms with Crippen LogP contribution in [0.4, 0.5) is 16.3 Å². The minimum absolute atomic E-state index is 0.0939. The molecular formula is C25H36N6O4. The number of nitrogens with two attached hydrogens (primary N) is 1. The van der Waals surface area contributed by atoms with Crippen molar-refractivity contribution in [2.45, 2.75) is 59.4 Å². The number of likely N-dealkylation sites (N-methyl/N-ethyl adjacent to an activating group) is 1. The molecule has 10 heteroatoms. The molecule has 10 nitrogen and oxygen atoms in total. The lowest BCUT2D eigenvalue weighted by Gasteiger charge is -2.23. The smallest absolute Gasteiger partial charge is 0.410 e. The predicted octanol–water partition coefficient (Wildman–Crippen LogP) is 3.11. The number of hydrogen-bond donors (Lipinski definition) is 3. The molecule has 0 bridgehead atoms. The van der Waals surface area contributed by atoms with Crippen molar-refractivity contribution in [3.63, 3.8) is 0 Å². The van der Waals surface area contributed by atoms with E-state index in [4.69, 9.17) is 10.5 Å². The molecule has 4 N–H and O–H groups in total. The number of carbonyl (C=O) groups excluding carboxylic acids is 3. The van der Waals surface area contributed by atoms with Gasteiger partial charge >= 0.3 is 6.09 Å². The first-order valence-electron chi connectivity index (χ1n) is 11.9. The molecule has 0 fully saturated rings. The number of amides is 3. The SMILES string of the molecule is CCCCOC(=O)N(C)[C@H](C)C(=O)NCCc1cccc(Nc2nc(C)c(CC)nc2C(N)=O)c1. The summed E-state index contributed by atoms with van der Waals surface area (Å²) in [6.45, 7) is 8.18. The van der Waals surface area contributed by atoms with Crippen molar-refractivity contribution in [1.29, 1.82) is 0 Å². The zero-order valence-electron chi connectivity index (χ0n) is 21.2. The molecule has 0 aliphatic rings. The average Bonchev–Trinajstić information content (AvgIpc) is 2.83. The van der Waals surface area contributed by atoms with Crippen LogP contribution in [0.15, 0.2) is 24.3 Å². The molecule has 0 saturated heterocycles. The van der Waals surface area contributed by atoms with Gasteiger partial charge in [-0.1, -0.05) is 32.4 Å². The molecule has 0 radical (unpaired) electrons. The number of nitrogens with zero attached hydrogens (tertiary/aromatic N) is 3. The van der Waals surface area contributed by atoms with Crippen LogP contribution in [0.2, 0.25) is 0 Å². The van der Waals surface area contributed by atoms with Gasteiger partial charge in [0, 0.05) is 19.3 Å². The highest BCUT2D eigenvalue weighted by atomic mass is 16.6. The Kier molecular flexibility index (Phi) is 10.4. The summed E-state index contributed by atoms with van der Waals surface area (Å²) < 4.78 is 5.16. The standard InChI is InChI=1S/C25H36N6O4/c1-6-8-14-35-25(34)31(5)17(4)24(33)27-13-12-18-10-9-11-19(15-18)29-23-21(22(26)32)30-20(7-2)16(3)28-23/h9-11,15,17H,6-8,12-14H2,1-5H3,(H2,26,32)(H,27,33)(H,28,29)/t17-/m1/s1. The van der Waals surface area contributed by atoms with Crippen LogP contribution in [0.5, 0.6) is 0 Å². The number of aryl methyl sites for hydroxylation is 2. The van der Waals surface area contributed by atoms with Gasteiger partial charge < -0.3 is 21.1 Å². The van der Waals surface area contributed by atoms with Gasteiger partial charge in [-0.2, -0.15) is 0 Å². The number of ether oxygens (including phenoxy) is 1. The third-order valence-corrected chi connectivity index (χ3v) is 5.61. The van der Waals surface area contributed by atoms with E-state index in [1.807, 2.05) is 45.0 Å². The molecular weight excluding hydrogens is 448 g/mol. The Morgan fingerprint density at radius 2 is 1.94 bits per heavy atom. The van der Waals surface area contributed by atoms with Gasteiger partial charge in [-0.25, -0.2) is 14.8 Å². The summed E-state index contributed by atoms with van der Waals surface area (Å²) in [6, 6.07) is 6.90. The number of benzene rings is 1. The first-order chi connectivity index (χ1) is 16.7. The highest BCUT2D eigenvalue weighted by Gasteiger charge is 2.23. The van der Waals surface area contributed by atoms with Gasteiger partial charge in [0.1, 0.15) is 6.04 Å². The lowest BCUT2D eigenvalue weighted by Crippen LogP contribution is -2.46. The van der Waals surface area contributed by atoms with E-state index in [0.29, 0.717) is 31.8 Å². The van der Waals surface area contributed by atoms with Crippen LogP contribution in [-0.4, -0.2) is 59.0 Å². The van der Waals surface area contributed by atoms with E-state index in [1.54, 1.807) is 14.0 Å². The third kappa shape index (κ3) is 7.94. The van der Waals surface area contributed by atoms with Crippen molar-refractivity contribution in [2.24, 2.45) is 5.73 Å². The lowest BCUT2D eigenvalue weighted by atomic mass is 10.1. The summed E-state index contributed by atoms with van der Waals surface area (Å²) in [7, 11) is 1.55. The molecule has 3 amide bonds. The fraction of sp³-hybridized carbons (Fsp3) is 0.480. The number of primary amides is 1.